The van der Waals surface area contributed by atoms with Gasteiger partial charge in [0.15, 0.2) is 0 Å². The molecule has 31 heavy (non-hydrogen) atoms. The zero-order chi connectivity index (χ0) is 21.8. The van der Waals surface area contributed by atoms with Crippen LogP contribution in [-0.4, -0.2) is 21.9 Å². The Morgan fingerprint density at radius 3 is 2.48 bits per heavy atom. The van der Waals surface area contributed by atoms with Crippen LogP contribution in [0.3, 0.4) is 0 Å². The average Bonchev–Trinajstić information content (AvgIpc) is 3.07. The minimum Gasteiger partial charge on any atom is -0.319 e. The van der Waals surface area contributed by atoms with E-state index in [4.69, 9.17) is 0 Å². The largest absolute Gasteiger partial charge is 0.322 e. The molecule has 3 aromatic rings. The van der Waals surface area contributed by atoms with E-state index in [0.29, 0.717) is 12.0 Å². The molecular weight excluding hydrogens is 408 g/mol. The molecule has 7 heteroatoms. The standard InChI is InChI=1S/C24H22N4O2S/c1-3-24(22(29)27-23(30)28-24)20-15-25-12-11-21(20)31-19-8-6-17(7-9-19)4-5-18-10-13-26-16(2)14-18/h4-15H,3H2,1-2H3,(H2,27,28,29,30)/b5-4+/t24-/m1/s1. The van der Waals surface area contributed by atoms with Gasteiger partial charge in [0.2, 0.25) is 0 Å². The van der Waals surface area contributed by atoms with Gasteiger partial charge in [0.25, 0.3) is 5.91 Å². The summed E-state index contributed by atoms with van der Waals surface area (Å²) in [6, 6.07) is 13.6. The first-order chi connectivity index (χ1) is 15.0. The molecule has 1 aliphatic heterocycles. The zero-order valence-electron chi connectivity index (χ0n) is 17.3. The number of rotatable bonds is 6. The molecule has 1 saturated heterocycles. The number of pyridine rings is 2. The second kappa shape index (κ2) is 8.73. The number of aryl methyl sites for hydroxylation is 1. The Morgan fingerprint density at radius 2 is 1.81 bits per heavy atom. The molecule has 1 aliphatic rings. The third-order valence-corrected chi connectivity index (χ3v) is 6.29. The van der Waals surface area contributed by atoms with Gasteiger partial charge in [-0.15, -0.1) is 0 Å². The van der Waals surface area contributed by atoms with E-state index >= 15 is 0 Å². The summed E-state index contributed by atoms with van der Waals surface area (Å²) >= 11 is 1.54. The van der Waals surface area contributed by atoms with E-state index in [-0.39, 0.29) is 5.91 Å². The van der Waals surface area contributed by atoms with Crippen molar-refractivity contribution in [3.05, 3.63) is 83.4 Å². The minimum atomic E-state index is -1.10. The van der Waals surface area contributed by atoms with Gasteiger partial charge in [-0.3, -0.25) is 20.1 Å². The van der Waals surface area contributed by atoms with E-state index in [0.717, 1.165) is 26.6 Å². The van der Waals surface area contributed by atoms with E-state index in [1.165, 1.54) is 11.8 Å². The minimum absolute atomic E-state index is 0.346. The molecule has 3 heterocycles. The van der Waals surface area contributed by atoms with Gasteiger partial charge >= 0.3 is 6.03 Å². The van der Waals surface area contributed by atoms with E-state index in [1.807, 2.05) is 56.3 Å². The van der Waals surface area contributed by atoms with Crippen molar-refractivity contribution in [1.29, 1.82) is 0 Å². The Labute approximate surface area is 185 Å². The quantitative estimate of drug-likeness (QED) is 0.561. The van der Waals surface area contributed by atoms with Gasteiger partial charge in [-0.2, -0.15) is 0 Å². The van der Waals surface area contributed by atoms with E-state index in [2.05, 4.69) is 32.8 Å². The second-order valence-corrected chi connectivity index (χ2v) is 8.39. The Balaban J connectivity index is 1.55. The molecular formula is C24H22N4O2S. The molecule has 1 aromatic carbocycles. The highest BCUT2D eigenvalue weighted by molar-refractivity contribution is 7.99. The van der Waals surface area contributed by atoms with Crippen molar-refractivity contribution in [1.82, 2.24) is 20.6 Å². The van der Waals surface area contributed by atoms with Crippen molar-refractivity contribution in [2.24, 2.45) is 0 Å². The summed E-state index contributed by atoms with van der Waals surface area (Å²) in [6.07, 6.45) is 9.71. The molecule has 2 aromatic heterocycles. The van der Waals surface area contributed by atoms with Crippen LogP contribution in [-0.2, 0) is 10.3 Å². The van der Waals surface area contributed by atoms with Gasteiger partial charge in [0.05, 0.1) is 0 Å². The smallest absolute Gasteiger partial charge is 0.319 e. The third kappa shape index (κ3) is 4.36. The number of carbonyl (C=O) groups excluding carboxylic acids is 2. The molecule has 1 atom stereocenters. The van der Waals surface area contributed by atoms with Crippen LogP contribution in [0.15, 0.2) is 70.8 Å². The van der Waals surface area contributed by atoms with Crippen molar-refractivity contribution in [2.45, 2.75) is 35.6 Å². The lowest BCUT2D eigenvalue weighted by atomic mass is 9.88. The van der Waals surface area contributed by atoms with Crippen molar-refractivity contribution >= 4 is 35.9 Å². The Morgan fingerprint density at radius 1 is 1.03 bits per heavy atom. The van der Waals surface area contributed by atoms with Crippen LogP contribution < -0.4 is 10.6 Å². The lowest BCUT2D eigenvalue weighted by Crippen LogP contribution is -2.43. The molecule has 0 aliphatic carbocycles. The van der Waals surface area contributed by atoms with E-state index < -0.39 is 11.6 Å². The topological polar surface area (TPSA) is 84.0 Å². The lowest BCUT2D eigenvalue weighted by molar-refractivity contribution is -0.124. The maximum atomic E-state index is 12.6. The SMILES string of the molecule is CC[C@]1(c2cnccc2Sc2ccc(/C=C/c3ccnc(C)c3)cc2)NC(=O)NC1=O. The van der Waals surface area contributed by atoms with Gasteiger partial charge in [-0.1, -0.05) is 43.0 Å². The molecule has 2 N–H and O–H groups in total. The lowest BCUT2D eigenvalue weighted by Gasteiger charge is -2.26. The van der Waals surface area contributed by atoms with Gasteiger partial charge in [-0.25, -0.2) is 4.79 Å². The number of nitrogens with zero attached hydrogens (tertiary/aromatic N) is 2. The number of urea groups is 1. The first kappa shape index (κ1) is 20.8. The summed E-state index contributed by atoms with van der Waals surface area (Å²) < 4.78 is 0. The molecule has 1 fully saturated rings. The van der Waals surface area contributed by atoms with Crippen LogP contribution in [0.5, 0.6) is 0 Å². The number of carbonyl (C=O) groups is 2. The highest BCUT2D eigenvalue weighted by Gasteiger charge is 2.47. The number of hydrogen-bond donors (Lipinski definition) is 2. The van der Waals surface area contributed by atoms with Gasteiger partial charge < -0.3 is 5.32 Å². The Bertz CT molecular complexity index is 1160. The predicted molar refractivity (Wildman–Crippen MR) is 121 cm³/mol. The molecule has 3 amide bonds. The fourth-order valence-corrected chi connectivity index (χ4v) is 4.54. The zero-order valence-corrected chi connectivity index (χ0v) is 18.1. The monoisotopic (exact) mass is 430 g/mol. The maximum absolute atomic E-state index is 12.6. The van der Waals surface area contributed by atoms with Crippen LogP contribution in [0.1, 0.15) is 35.7 Å². The fourth-order valence-electron chi connectivity index (χ4n) is 3.55. The summed E-state index contributed by atoms with van der Waals surface area (Å²) in [7, 11) is 0. The number of hydrogen-bond acceptors (Lipinski definition) is 5. The number of amides is 3. The summed E-state index contributed by atoms with van der Waals surface area (Å²) in [5, 5.41) is 5.14. The molecule has 6 nitrogen and oxygen atoms in total. The molecule has 0 unspecified atom stereocenters. The Hall–Kier alpha value is -3.45. The van der Waals surface area contributed by atoms with Gasteiger partial charge in [0, 0.05) is 39.6 Å². The molecule has 0 radical (unpaired) electrons. The summed E-state index contributed by atoms with van der Waals surface area (Å²) in [5.74, 6) is -0.346. The van der Waals surface area contributed by atoms with Crippen molar-refractivity contribution < 1.29 is 9.59 Å². The fraction of sp³-hybridized carbons (Fsp3) is 0.167. The summed E-state index contributed by atoms with van der Waals surface area (Å²) in [5.41, 5.74) is 2.77. The predicted octanol–water partition coefficient (Wildman–Crippen LogP) is 4.55. The van der Waals surface area contributed by atoms with Crippen molar-refractivity contribution in [2.75, 3.05) is 0 Å². The van der Waals surface area contributed by atoms with Crippen LogP contribution in [0.25, 0.3) is 12.2 Å². The molecule has 4 rings (SSSR count). The molecule has 0 saturated carbocycles. The van der Waals surface area contributed by atoms with Gasteiger partial charge in [0.1, 0.15) is 5.54 Å². The number of nitrogens with one attached hydrogen (secondary N) is 2. The van der Waals surface area contributed by atoms with Gasteiger partial charge in [-0.05, 0) is 54.8 Å². The Kier molecular flexibility index (Phi) is 5.86. The second-order valence-electron chi connectivity index (χ2n) is 7.27. The van der Waals surface area contributed by atoms with Crippen LogP contribution >= 0.6 is 11.8 Å². The van der Waals surface area contributed by atoms with Crippen LogP contribution in [0, 0.1) is 6.92 Å². The molecule has 0 spiro atoms. The van der Waals surface area contributed by atoms with Crippen molar-refractivity contribution in [3.8, 4) is 0 Å². The first-order valence-electron chi connectivity index (χ1n) is 9.97. The molecule has 156 valence electrons. The number of benzene rings is 1. The average molecular weight is 431 g/mol. The number of imide groups is 1. The van der Waals surface area contributed by atoms with Crippen LogP contribution in [0.2, 0.25) is 0 Å². The maximum Gasteiger partial charge on any atom is 0.322 e. The van der Waals surface area contributed by atoms with E-state index in [9.17, 15) is 9.59 Å². The summed E-state index contributed by atoms with van der Waals surface area (Å²) in [6.45, 7) is 3.85. The van der Waals surface area contributed by atoms with E-state index in [1.54, 1.807) is 18.6 Å². The molecule has 0 bridgehead atoms. The van der Waals surface area contributed by atoms with Crippen LogP contribution in [0.4, 0.5) is 4.79 Å². The van der Waals surface area contributed by atoms with Crippen molar-refractivity contribution in [3.63, 3.8) is 0 Å². The number of aromatic nitrogens is 2. The summed E-state index contributed by atoms with van der Waals surface area (Å²) in [4.78, 5) is 34.7. The first-order valence-corrected chi connectivity index (χ1v) is 10.8. The highest BCUT2D eigenvalue weighted by Crippen LogP contribution is 2.38. The normalized spacial score (nSPS) is 18.3. The highest BCUT2D eigenvalue weighted by atomic mass is 32.2. The third-order valence-electron chi connectivity index (χ3n) is 5.21.